The largest absolute Gasteiger partial charge is 0.356 e. The molecule has 2 atom stereocenters. The summed E-state index contributed by atoms with van der Waals surface area (Å²) in [5.74, 6) is 1.49. The summed E-state index contributed by atoms with van der Waals surface area (Å²) in [7, 11) is 0. The molecule has 2 unspecified atom stereocenters. The zero-order chi connectivity index (χ0) is 14.7. The van der Waals surface area contributed by atoms with Crippen LogP contribution in [0.2, 0.25) is 0 Å². The van der Waals surface area contributed by atoms with Gasteiger partial charge in [-0.2, -0.15) is 0 Å². The maximum absolute atomic E-state index is 5.95. The number of rotatable bonds is 4. The third kappa shape index (κ3) is 3.17. The van der Waals surface area contributed by atoms with Gasteiger partial charge in [-0.15, -0.1) is 0 Å². The number of likely N-dealkylation sites (tertiary alicyclic amines) is 1. The Hall–Kier alpha value is -1.65. The Bertz CT molecular complexity index is 566. The van der Waals surface area contributed by atoms with Gasteiger partial charge in [0, 0.05) is 30.8 Å². The molecule has 2 aromatic rings. The Balaban J connectivity index is 1.72. The smallest absolute Gasteiger partial charge is 0.167 e. The highest BCUT2D eigenvalue weighted by Crippen LogP contribution is 2.25. The van der Waals surface area contributed by atoms with E-state index < -0.39 is 0 Å². The average molecular weight is 285 g/mol. The van der Waals surface area contributed by atoms with Crippen LogP contribution in [0.25, 0.3) is 11.3 Å². The first-order valence-corrected chi connectivity index (χ1v) is 7.73. The maximum atomic E-state index is 5.95. The first-order chi connectivity index (χ1) is 10.3. The van der Waals surface area contributed by atoms with Crippen molar-refractivity contribution in [2.45, 2.75) is 32.4 Å². The van der Waals surface area contributed by atoms with Gasteiger partial charge in [0.15, 0.2) is 5.76 Å². The molecule has 0 aliphatic carbocycles. The molecule has 4 heteroatoms. The zero-order valence-corrected chi connectivity index (χ0v) is 12.5. The van der Waals surface area contributed by atoms with Crippen molar-refractivity contribution in [1.29, 1.82) is 0 Å². The molecule has 21 heavy (non-hydrogen) atoms. The van der Waals surface area contributed by atoms with Crippen molar-refractivity contribution in [3.8, 4) is 11.3 Å². The van der Waals surface area contributed by atoms with Crippen molar-refractivity contribution in [1.82, 2.24) is 10.1 Å². The number of aromatic nitrogens is 1. The van der Waals surface area contributed by atoms with Crippen molar-refractivity contribution in [3.63, 3.8) is 0 Å². The van der Waals surface area contributed by atoms with E-state index in [1.165, 1.54) is 12.8 Å². The fraction of sp³-hybridized carbons (Fsp3) is 0.471. The lowest BCUT2D eigenvalue weighted by Gasteiger charge is -2.38. The van der Waals surface area contributed by atoms with Crippen LogP contribution in [0.1, 0.15) is 25.5 Å². The average Bonchev–Trinajstić information content (AvgIpc) is 2.97. The molecule has 1 aliphatic heterocycles. The molecule has 1 fully saturated rings. The van der Waals surface area contributed by atoms with Crippen molar-refractivity contribution >= 4 is 0 Å². The molecule has 1 aromatic heterocycles. The van der Waals surface area contributed by atoms with E-state index in [1.807, 2.05) is 36.4 Å². The summed E-state index contributed by atoms with van der Waals surface area (Å²) in [5, 5.41) is 4.22. The lowest BCUT2D eigenvalue weighted by molar-refractivity contribution is 0.0966. The molecule has 0 spiro atoms. The summed E-state index contributed by atoms with van der Waals surface area (Å²) in [5.41, 5.74) is 8.00. The summed E-state index contributed by atoms with van der Waals surface area (Å²) in [6, 6.07) is 12.6. The molecule has 1 aliphatic rings. The number of hydrogen-bond acceptors (Lipinski definition) is 4. The molecule has 3 rings (SSSR count). The fourth-order valence-electron chi connectivity index (χ4n) is 3.25. The molecular weight excluding hydrogens is 262 g/mol. The van der Waals surface area contributed by atoms with E-state index >= 15 is 0 Å². The standard InChI is InChI=1S/C17H23N3O/c1-13-6-5-9-20(16(13)11-18)12-15-10-17(21-19-15)14-7-3-2-4-8-14/h2-4,7-8,10,13,16H,5-6,9,11-12,18H2,1H3. The predicted octanol–water partition coefficient (Wildman–Crippen LogP) is 2.90. The third-order valence-electron chi connectivity index (χ3n) is 4.45. The van der Waals surface area contributed by atoms with Crippen molar-refractivity contribution in [2.75, 3.05) is 13.1 Å². The molecule has 1 saturated heterocycles. The first-order valence-electron chi connectivity index (χ1n) is 7.73. The summed E-state index contributed by atoms with van der Waals surface area (Å²) in [6.45, 7) is 4.93. The molecule has 2 N–H and O–H groups in total. The van der Waals surface area contributed by atoms with Gasteiger partial charge >= 0.3 is 0 Å². The number of nitrogens with zero attached hydrogens (tertiary/aromatic N) is 2. The molecule has 0 bridgehead atoms. The van der Waals surface area contributed by atoms with Gasteiger partial charge in [0.2, 0.25) is 0 Å². The second-order valence-electron chi connectivity index (χ2n) is 5.94. The summed E-state index contributed by atoms with van der Waals surface area (Å²) < 4.78 is 5.48. The minimum Gasteiger partial charge on any atom is -0.356 e. The van der Waals surface area contributed by atoms with E-state index in [0.29, 0.717) is 18.5 Å². The first kappa shape index (κ1) is 14.3. The van der Waals surface area contributed by atoms with E-state index in [0.717, 1.165) is 30.1 Å². The van der Waals surface area contributed by atoms with E-state index in [1.54, 1.807) is 0 Å². The van der Waals surface area contributed by atoms with E-state index in [9.17, 15) is 0 Å². The monoisotopic (exact) mass is 285 g/mol. The summed E-state index contributed by atoms with van der Waals surface area (Å²) >= 11 is 0. The van der Waals surface area contributed by atoms with Crippen LogP contribution in [-0.4, -0.2) is 29.2 Å². The maximum Gasteiger partial charge on any atom is 0.167 e. The third-order valence-corrected chi connectivity index (χ3v) is 4.45. The lowest BCUT2D eigenvalue weighted by Crippen LogP contribution is -2.48. The second kappa shape index (κ2) is 6.41. The Morgan fingerprint density at radius 2 is 2.14 bits per heavy atom. The Morgan fingerprint density at radius 3 is 2.90 bits per heavy atom. The quantitative estimate of drug-likeness (QED) is 0.938. The Kier molecular flexibility index (Phi) is 4.36. The molecule has 0 saturated carbocycles. The van der Waals surface area contributed by atoms with Crippen molar-refractivity contribution in [3.05, 3.63) is 42.1 Å². The van der Waals surface area contributed by atoms with E-state index in [2.05, 4.69) is 17.0 Å². The Morgan fingerprint density at radius 1 is 1.33 bits per heavy atom. The lowest BCUT2D eigenvalue weighted by atomic mass is 9.90. The molecule has 1 aromatic carbocycles. The molecule has 4 nitrogen and oxygen atoms in total. The van der Waals surface area contributed by atoms with Gasteiger partial charge in [0.1, 0.15) is 0 Å². The number of piperidine rings is 1. The molecule has 112 valence electrons. The van der Waals surface area contributed by atoms with Gasteiger partial charge in [0.05, 0.1) is 5.69 Å². The summed E-state index contributed by atoms with van der Waals surface area (Å²) in [6.07, 6.45) is 2.51. The molecule has 0 radical (unpaired) electrons. The highest BCUT2D eigenvalue weighted by Gasteiger charge is 2.27. The fourth-order valence-corrected chi connectivity index (χ4v) is 3.25. The summed E-state index contributed by atoms with van der Waals surface area (Å²) in [4.78, 5) is 2.45. The second-order valence-corrected chi connectivity index (χ2v) is 5.94. The van der Waals surface area contributed by atoms with Crippen LogP contribution in [0.4, 0.5) is 0 Å². The number of nitrogens with two attached hydrogens (primary N) is 1. The van der Waals surface area contributed by atoms with Gasteiger partial charge < -0.3 is 10.3 Å². The van der Waals surface area contributed by atoms with Crippen molar-refractivity contribution in [2.24, 2.45) is 11.7 Å². The van der Waals surface area contributed by atoms with Crippen LogP contribution in [0.3, 0.4) is 0 Å². The molecule has 0 amide bonds. The van der Waals surface area contributed by atoms with Gasteiger partial charge in [-0.1, -0.05) is 42.4 Å². The van der Waals surface area contributed by atoms with Crippen molar-refractivity contribution < 1.29 is 4.52 Å². The zero-order valence-electron chi connectivity index (χ0n) is 12.5. The number of benzene rings is 1. The SMILES string of the molecule is CC1CCCN(Cc2cc(-c3ccccc3)on2)C1CN. The number of hydrogen-bond donors (Lipinski definition) is 1. The van der Waals surface area contributed by atoms with Gasteiger partial charge in [-0.05, 0) is 25.3 Å². The van der Waals surface area contributed by atoms with Gasteiger partial charge in [-0.3, -0.25) is 4.90 Å². The molecule has 2 heterocycles. The van der Waals surface area contributed by atoms with Crippen LogP contribution >= 0.6 is 0 Å². The van der Waals surface area contributed by atoms with Gasteiger partial charge in [0.25, 0.3) is 0 Å². The van der Waals surface area contributed by atoms with Gasteiger partial charge in [-0.25, -0.2) is 0 Å². The van der Waals surface area contributed by atoms with Crippen LogP contribution in [0, 0.1) is 5.92 Å². The minimum absolute atomic E-state index is 0.454. The van der Waals surface area contributed by atoms with E-state index in [-0.39, 0.29) is 0 Å². The van der Waals surface area contributed by atoms with E-state index in [4.69, 9.17) is 10.3 Å². The topological polar surface area (TPSA) is 55.3 Å². The Labute approximate surface area is 125 Å². The normalized spacial score (nSPS) is 23.3. The minimum atomic E-state index is 0.454. The highest BCUT2D eigenvalue weighted by atomic mass is 16.5. The predicted molar refractivity (Wildman–Crippen MR) is 83.6 cm³/mol. The highest BCUT2D eigenvalue weighted by molar-refractivity contribution is 5.56. The van der Waals surface area contributed by atoms with Crippen LogP contribution in [0.15, 0.2) is 40.9 Å². The van der Waals surface area contributed by atoms with Crippen LogP contribution in [0.5, 0.6) is 0 Å². The van der Waals surface area contributed by atoms with Crippen LogP contribution < -0.4 is 5.73 Å². The molecular formula is C17H23N3O. The van der Waals surface area contributed by atoms with Crippen LogP contribution in [-0.2, 0) is 6.54 Å².